The fourth-order valence-electron chi connectivity index (χ4n) is 0.985. The molecule has 2 nitrogen and oxygen atoms in total. The molecule has 0 spiro atoms. The Morgan fingerprint density at radius 3 is 2.69 bits per heavy atom. The van der Waals surface area contributed by atoms with Crippen LogP contribution in [-0.4, -0.2) is 4.98 Å². The van der Waals surface area contributed by atoms with E-state index in [4.69, 9.17) is 5.73 Å². The predicted molar refractivity (Wildman–Crippen MR) is 51.0 cm³/mol. The summed E-state index contributed by atoms with van der Waals surface area (Å²) in [6.45, 7) is 1.66. The molecule has 0 unspecified atom stereocenters. The third-order valence-electron chi connectivity index (χ3n) is 1.73. The van der Waals surface area contributed by atoms with Crippen LogP contribution in [0.3, 0.4) is 0 Å². The zero-order valence-corrected chi connectivity index (χ0v) is 8.61. The first-order valence-corrected chi connectivity index (χ1v) is 4.78. The molecular weight excluding hydrogens is 242 g/mol. The van der Waals surface area contributed by atoms with Gasteiger partial charge in [0.1, 0.15) is 5.82 Å². The standard InChI is InChI=1S/C8H9BrF2N2/c1-4-2-5(7(10)11)6(3-9)13-8(4)12/h2,7H,3H2,1H3,(H2,12,13). The lowest BCUT2D eigenvalue weighted by molar-refractivity contribution is 0.150. The smallest absolute Gasteiger partial charge is 0.265 e. The highest BCUT2D eigenvalue weighted by Crippen LogP contribution is 2.26. The monoisotopic (exact) mass is 250 g/mol. The van der Waals surface area contributed by atoms with Crippen LogP contribution in [0.5, 0.6) is 0 Å². The van der Waals surface area contributed by atoms with Crippen molar-refractivity contribution in [2.45, 2.75) is 18.7 Å². The van der Waals surface area contributed by atoms with Gasteiger partial charge in [-0.3, -0.25) is 0 Å². The summed E-state index contributed by atoms with van der Waals surface area (Å²) in [5.41, 5.74) is 6.32. The van der Waals surface area contributed by atoms with E-state index in [0.29, 0.717) is 17.1 Å². The lowest BCUT2D eigenvalue weighted by atomic mass is 10.1. The molecule has 0 aliphatic heterocycles. The average Bonchev–Trinajstić information content (AvgIpc) is 2.08. The molecule has 0 aromatic carbocycles. The second kappa shape index (κ2) is 4.00. The molecule has 0 aliphatic carbocycles. The van der Waals surface area contributed by atoms with Crippen molar-refractivity contribution in [1.29, 1.82) is 0 Å². The van der Waals surface area contributed by atoms with Gasteiger partial charge in [0.2, 0.25) is 0 Å². The topological polar surface area (TPSA) is 38.9 Å². The summed E-state index contributed by atoms with van der Waals surface area (Å²) in [5.74, 6) is 0.304. The van der Waals surface area contributed by atoms with Gasteiger partial charge >= 0.3 is 0 Å². The van der Waals surface area contributed by atoms with Gasteiger partial charge in [-0.15, -0.1) is 0 Å². The number of nitrogens with zero attached hydrogens (tertiary/aromatic N) is 1. The average molecular weight is 251 g/mol. The van der Waals surface area contributed by atoms with Gasteiger partial charge in [0.05, 0.1) is 5.69 Å². The highest BCUT2D eigenvalue weighted by molar-refractivity contribution is 9.08. The Morgan fingerprint density at radius 2 is 2.23 bits per heavy atom. The van der Waals surface area contributed by atoms with Gasteiger partial charge in [0, 0.05) is 10.9 Å². The van der Waals surface area contributed by atoms with E-state index in [2.05, 4.69) is 20.9 Å². The van der Waals surface area contributed by atoms with Crippen molar-refractivity contribution >= 4 is 21.7 Å². The van der Waals surface area contributed by atoms with Crippen molar-refractivity contribution < 1.29 is 8.78 Å². The molecule has 5 heteroatoms. The fraction of sp³-hybridized carbons (Fsp3) is 0.375. The number of nitrogen functional groups attached to an aromatic ring is 1. The van der Waals surface area contributed by atoms with E-state index < -0.39 is 6.43 Å². The van der Waals surface area contributed by atoms with E-state index in [-0.39, 0.29) is 10.9 Å². The van der Waals surface area contributed by atoms with Crippen LogP contribution in [0.25, 0.3) is 0 Å². The summed E-state index contributed by atoms with van der Waals surface area (Å²) >= 11 is 3.08. The number of aryl methyl sites for hydroxylation is 1. The summed E-state index contributed by atoms with van der Waals surface area (Å²) in [6, 6.07) is 1.38. The van der Waals surface area contributed by atoms with Crippen molar-refractivity contribution in [3.05, 3.63) is 22.9 Å². The summed E-state index contributed by atoms with van der Waals surface area (Å²) in [7, 11) is 0. The highest BCUT2D eigenvalue weighted by atomic mass is 79.9. The summed E-state index contributed by atoms with van der Waals surface area (Å²) in [5, 5.41) is 0.289. The highest BCUT2D eigenvalue weighted by Gasteiger charge is 2.14. The fourth-order valence-corrected chi connectivity index (χ4v) is 1.43. The van der Waals surface area contributed by atoms with Crippen molar-refractivity contribution in [3.63, 3.8) is 0 Å². The number of alkyl halides is 3. The molecule has 0 saturated heterocycles. The Labute approximate surface area is 83.3 Å². The molecule has 2 N–H and O–H groups in total. The summed E-state index contributed by atoms with van der Waals surface area (Å²) in [4.78, 5) is 3.86. The molecular formula is C8H9BrF2N2. The molecule has 13 heavy (non-hydrogen) atoms. The lowest BCUT2D eigenvalue weighted by Crippen LogP contribution is -2.02. The van der Waals surface area contributed by atoms with E-state index in [1.165, 1.54) is 6.07 Å². The van der Waals surface area contributed by atoms with Gasteiger partial charge in [0.25, 0.3) is 6.43 Å². The third kappa shape index (κ3) is 2.15. The molecule has 72 valence electrons. The minimum absolute atomic E-state index is 0.0522. The number of aromatic nitrogens is 1. The van der Waals surface area contributed by atoms with Crippen molar-refractivity contribution in [3.8, 4) is 0 Å². The van der Waals surface area contributed by atoms with Crippen LogP contribution in [0.4, 0.5) is 14.6 Å². The van der Waals surface area contributed by atoms with E-state index in [9.17, 15) is 8.78 Å². The number of hydrogen-bond acceptors (Lipinski definition) is 2. The van der Waals surface area contributed by atoms with Crippen LogP contribution < -0.4 is 5.73 Å². The maximum absolute atomic E-state index is 12.4. The second-order valence-electron chi connectivity index (χ2n) is 2.66. The number of pyridine rings is 1. The molecule has 1 aromatic heterocycles. The molecule has 1 heterocycles. The number of halogens is 3. The molecule has 0 amide bonds. The molecule has 0 aliphatic rings. The maximum atomic E-state index is 12.4. The SMILES string of the molecule is Cc1cc(C(F)F)c(CBr)nc1N. The lowest BCUT2D eigenvalue weighted by Gasteiger charge is -2.08. The van der Waals surface area contributed by atoms with Gasteiger partial charge in [-0.1, -0.05) is 15.9 Å². The maximum Gasteiger partial charge on any atom is 0.265 e. The van der Waals surface area contributed by atoms with Gasteiger partial charge in [-0.2, -0.15) is 0 Å². The van der Waals surface area contributed by atoms with Crippen LogP contribution in [-0.2, 0) is 5.33 Å². The molecule has 1 aromatic rings. The summed E-state index contributed by atoms with van der Waals surface area (Å²) in [6.07, 6.45) is -2.50. The minimum Gasteiger partial charge on any atom is -0.383 e. The minimum atomic E-state index is -2.50. The van der Waals surface area contributed by atoms with Crippen LogP contribution in [0, 0.1) is 6.92 Å². The molecule has 0 bridgehead atoms. The van der Waals surface area contributed by atoms with Gasteiger partial charge in [-0.25, -0.2) is 13.8 Å². The Kier molecular flexibility index (Phi) is 3.19. The molecule has 0 radical (unpaired) electrons. The first-order chi connectivity index (χ1) is 6.06. The zero-order chi connectivity index (χ0) is 10.0. The van der Waals surface area contributed by atoms with Crippen molar-refractivity contribution in [2.24, 2.45) is 0 Å². The van der Waals surface area contributed by atoms with Crippen LogP contribution >= 0.6 is 15.9 Å². The molecule has 1 rings (SSSR count). The van der Waals surface area contributed by atoms with Crippen LogP contribution in [0.1, 0.15) is 23.2 Å². The van der Waals surface area contributed by atoms with Gasteiger partial charge in [-0.05, 0) is 18.6 Å². The Hall–Kier alpha value is -0.710. The molecule has 0 saturated carbocycles. The normalized spacial score (nSPS) is 10.8. The zero-order valence-electron chi connectivity index (χ0n) is 7.02. The van der Waals surface area contributed by atoms with Crippen LogP contribution in [0.2, 0.25) is 0 Å². The van der Waals surface area contributed by atoms with E-state index in [1.807, 2.05) is 0 Å². The van der Waals surface area contributed by atoms with Crippen molar-refractivity contribution in [2.75, 3.05) is 5.73 Å². The van der Waals surface area contributed by atoms with E-state index in [0.717, 1.165) is 0 Å². The Morgan fingerprint density at radius 1 is 1.62 bits per heavy atom. The Bertz CT molecular complexity index is 315. The van der Waals surface area contributed by atoms with Crippen LogP contribution in [0.15, 0.2) is 6.07 Å². The third-order valence-corrected chi connectivity index (χ3v) is 2.26. The first-order valence-electron chi connectivity index (χ1n) is 3.66. The van der Waals surface area contributed by atoms with Gasteiger partial charge < -0.3 is 5.73 Å². The number of rotatable bonds is 2. The first kappa shape index (κ1) is 10.4. The Balaban J connectivity index is 3.25. The van der Waals surface area contributed by atoms with E-state index >= 15 is 0 Å². The quantitative estimate of drug-likeness (QED) is 0.821. The number of anilines is 1. The number of hydrogen-bond donors (Lipinski definition) is 1. The van der Waals surface area contributed by atoms with E-state index in [1.54, 1.807) is 6.92 Å². The van der Waals surface area contributed by atoms with Crippen molar-refractivity contribution in [1.82, 2.24) is 4.98 Å². The predicted octanol–water partition coefficient (Wildman–Crippen LogP) is 2.80. The largest absolute Gasteiger partial charge is 0.383 e. The second-order valence-corrected chi connectivity index (χ2v) is 3.22. The number of nitrogens with two attached hydrogens (primary N) is 1. The molecule has 0 atom stereocenters. The molecule has 0 fully saturated rings. The summed E-state index contributed by atoms with van der Waals surface area (Å²) < 4.78 is 24.8. The van der Waals surface area contributed by atoms with Gasteiger partial charge in [0.15, 0.2) is 0 Å².